The minimum Gasteiger partial charge on any atom is -0.340 e. The fraction of sp³-hybridized carbons (Fsp3) is 0.250. The molecule has 116 valence electrons. The Labute approximate surface area is 138 Å². The number of amides is 2. The predicted molar refractivity (Wildman–Crippen MR) is 93.7 cm³/mol. The Morgan fingerprint density at radius 2 is 1.91 bits per heavy atom. The van der Waals surface area contributed by atoms with Crippen molar-refractivity contribution in [2.24, 2.45) is 0 Å². The number of carbonyl (C=O) groups is 1. The molecule has 2 aromatic rings. The lowest BCUT2D eigenvalue weighted by molar-refractivity contribution is 0.250. The maximum atomic E-state index is 11.6. The largest absolute Gasteiger partial charge is 0.340 e. The van der Waals surface area contributed by atoms with Gasteiger partial charge in [-0.1, -0.05) is 15.9 Å². The van der Waals surface area contributed by atoms with Crippen molar-refractivity contribution in [2.45, 2.75) is 26.8 Å². The second-order valence-electron chi connectivity index (χ2n) is 5.27. The number of anilines is 3. The zero-order valence-corrected chi connectivity index (χ0v) is 14.4. The fourth-order valence-electron chi connectivity index (χ4n) is 1.84. The smallest absolute Gasteiger partial charge is 0.319 e. The zero-order chi connectivity index (χ0) is 16.1. The Hall–Kier alpha value is -2.08. The van der Waals surface area contributed by atoms with Crippen LogP contribution in [0.1, 0.15) is 19.4 Å². The van der Waals surface area contributed by atoms with Gasteiger partial charge in [-0.05, 0) is 56.7 Å². The quantitative estimate of drug-likeness (QED) is 0.753. The normalized spacial score (nSPS) is 10.4. The van der Waals surface area contributed by atoms with E-state index in [4.69, 9.17) is 0 Å². The molecule has 0 saturated carbocycles. The van der Waals surface area contributed by atoms with Crippen molar-refractivity contribution in [1.29, 1.82) is 0 Å². The summed E-state index contributed by atoms with van der Waals surface area (Å²) in [6, 6.07) is 9.48. The molecule has 1 heterocycles. The number of pyridine rings is 1. The fourth-order valence-corrected chi connectivity index (χ4v) is 2.09. The lowest BCUT2D eigenvalue weighted by Gasteiger charge is -2.11. The highest BCUT2D eigenvalue weighted by Gasteiger charge is 2.04. The van der Waals surface area contributed by atoms with E-state index in [9.17, 15) is 4.79 Å². The van der Waals surface area contributed by atoms with E-state index in [1.807, 2.05) is 45.0 Å². The number of carbonyl (C=O) groups excluding carboxylic acids is 1. The highest BCUT2D eigenvalue weighted by atomic mass is 79.9. The standard InChI is InChI=1S/C16H19BrN4O/c1-10(2)19-16(22)21-13-5-7-15(18-9-13)20-12-4-6-14(17)11(3)8-12/h4-10H,1-3H3,(H,18,20)(H2,19,21,22). The second-order valence-corrected chi connectivity index (χ2v) is 6.13. The number of hydrogen-bond acceptors (Lipinski definition) is 3. The number of urea groups is 1. The molecule has 0 bridgehead atoms. The van der Waals surface area contributed by atoms with Crippen molar-refractivity contribution in [3.05, 3.63) is 46.6 Å². The molecule has 0 atom stereocenters. The topological polar surface area (TPSA) is 66.0 Å². The molecule has 2 rings (SSSR count). The van der Waals surface area contributed by atoms with Gasteiger partial charge in [0.2, 0.25) is 0 Å². The lowest BCUT2D eigenvalue weighted by atomic mass is 10.2. The lowest BCUT2D eigenvalue weighted by Crippen LogP contribution is -2.34. The van der Waals surface area contributed by atoms with Crippen LogP contribution in [0.5, 0.6) is 0 Å². The van der Waals surface area contributed by atoms with Gasteiger partial charge in [-0.2, -0.15) is 0 Å². The van der Waals surface area contributed by atoms with E-state index in [-0.39, 0.29) is 12.1 Å². The monoisotopic (exact) mass is 362 g/mol. The molecule has 1 aromatic carbocycles. The minimum absolute atomic E-state index is 0.0922. The zero-order valence-electron chi connectivity index (χ0n) is 12.8. The summed E-state index contributed by atoms with van der Waals surface area (Å²) in [4.78, 5) is 15.9. The van der Waals surface area contributed by atoms with E-state index >= 15 is 0 Å². The number of halogens is 1. The van der Waals surface area contributed by atoms with E-state index < -0.39 is 0 Å². The molecule has 0 unspecified atom stereocenters. The van der Waals surface area contributed by atoms with Gasteiger partial charge in [-0.25, -0.2) is 9.78 Å². The van der Waals surface area contributed by atoms with Gasteiger partial charge < -0.3 is 16.0 Å². The van der Waals surface area contributed by atoms with Crippen molar-refractivity contribution >= 4 is 39.2 Å². The maximum absolute atomic E-state index is 11.6. The molecule has 3 N–H and O–H groups in total. The molecule has 0 spiro atoms. The molecule has 0 aliphatic carbocycles. The van der Waals surface area contributed by atoms with Crippen molar-refractivity contribution < 1.29 is 4.79 Å². The number of nitrogens with zero attached hydrogens (tertiary/aromatic N) is 1. The summed E-state index contributed by atoms with van der Waals surface area (Å²) in [5, 5.41) is 8.72. The Morgan fingerprint density at radius 1 is 1.18 bits per heavy atom. The number of nitrogens with one attached hydrogen (secondary N) is 3. The average molecular weight is 363 g/mol. The van der Waals surface area contributed by atoms with Crippen LogP contribution in [0.15, 0.2) is 41.0 Å². The van der Waals surface area contributed by atoms with E-state index in [0.717, 1.165) is 21.5 Å². The van der Waals surface area contributed by atoms with Crippen molar-refractivity contribution in [2.75, 3.05) is 10.6 Å². The molecular formula is C16H19BrN4O. The van der Waals surface area contributed by atoms with E-state index in [2.05, 4.69) is 36.9 Å². The first-order valence-electron chi connectivity index (χ1n) is 7.01. The molecule has 0 fully saturated rings. The van der Waals surface area contributed by atoms with Gasteiger partial charge in [0.05, 0.1) is 11.9 Å². The third kappa shape index (κ3) is 4.73. The predicted octanol–water partition coefficient (Wildman–Crippen LogP) is 4.43. The molecule has 0 saturated heterocycles. The summed E-state index contributed by atoms with van der Waals surface area (Å²) >= 11 is 3.47. The van der Waals surface area contributed by atoms with E-state index in [1.54, 1.807) is 12.3 Å². The van der Waals surface area contributed by atoms with Crippen LogP contribution in [0, 0.1) is 6.92 Å². The van der Waals surface area contributed by atoms with Gasteiger partial charge in [-0.3, -0.25) is 0 Å². The van der Waals surface area contributed by atoms with Gasteiger partial charge in [-0.15, -0.1) is 0 Å². The van der Waals surface area contributed by atoms with Gasteiger partial charge in [0, 0.05) is 16.2 Å². The van der Waals surface area contributed by atoms with Crippen LogP contribution >= 0.6 is 15.9 Å². The first-order valence-corrected chi connectivity index (χ1v) is 7.80. The molecular weight excluding hydrogens is 344 g/mol. The molecule has 6 heteroatoms. The van der Waals surface area contributed by atoms with Crippen LogP contribution in [0.3, 0.4) is 0 Å². The van der Waals surface area contributed by atoms with Crippen molar-refractivity contribution in [3.8, 4) is 0 Å². The van der Waals surface area contributed by atoms with Gasteiger partial charge >= 0.3 is 6.03 Å². The average Bonchev–Trinajstić information content (AvgIpc) is 2.44. The highest BCUT2D eigenvalue weighted by Crippen LogP contribution is 2.22. The second kappa shape index (κ2) is 7.26. The summed E-state index contributed by atoms with van der Waals surface area (Å²) in [6.45, 7) is 5.85. The first kappa shape index (κ1) is 16.3. The molecule has 0 radical (unpaired) electrons. The summed E-state index contributed by atoms with van der Waals surface area (Å²) < 4.78 is 1.07. The number of hydrogen-bond donors (Lipinski definition) is 3. The Bertz CT molecular complexity index is 656. The van der Waals surface area contributed by atoms with Gasteiger partial charge in [0.15, 0.2) is 0 Å². The Morgan fingerprint density at radius 3 is 2.50 bits per heavy atom. The first-order chi connectivity index (χ1) is 10.4. The molecule has 2 amide bonds. The SMILES string of the molecule is Cc1cc(Nc2ccc(NC(=O)NC(C)C)cn2)ccc1Br. The van der Waals surface area contributed by atoms with Crippen LogP contribution in [0.4, 0.5) is 22.0 Å². The van der Waals surface area contributed by atoms with Crippen molar-refractivity contribution in [3.63, 3.8) is 0 Å². The third-order valence-corrected chi connectivity index (χ3v) is 3.76. The summed E-state index contributed by atoms with van der Waals surface area (Å²) in [5.74, 6) is 0.719. The van der Waals surface area contributed by atoms with Gasteiger partial charge in [0.1, 0.15) is 5.82 Å². The molecule has 5 nitrogen and oxygen atoms in total. The Kier molecular flexibility index (Phi) is 5.38. The van der Waals surface area contributed by atoms with Crippen LogP contribution in [-0.2, 0) is 0 Å². The molecule has 1 aromatic heterocycles. The van der Waals surface area contributed by atoms with Crippen molar-refractivity contribution in [1.82, 2.24) is 10.3 Å². The summed E-state index contributed by atoms with van der Waals surface area (Å²) in [6.07, 6.45) is 1.62. The molecule has 0 aliphatic heterocycles. The van der Waals surface area contributed by atoms with Crippen LogP contribution in [0.2, 0.25) is 0 Å². The van der Waals surface area contributed by atoms with Crippen LogP contribution < -0.4 is 16.0 Å². The number of rotatable bonds is 4. The molecule has 22 heavy (non-hydrogen) atoms. The van der Waals surface area contributed by atoms with Gasteiger partial charge in [0.25, 0.3) is 0 Å². The number of benzene rings is 1. The Balaban J connectivity index is 1.99. The summed E-state index contributed by atoms with van der Waals surface area (Å²) in [5.41, 5.74) is 2.76. The van der Waals surface area contributed by atoms with Crippen LogP contribution in [-0.4, -0.2) is 17.1 Å². The van der Waals surface area contributed by atoms with E-state index in [1.165, 1.54) is 0 Å². The minimum atomic E-state index is -0.235. The highest BCUT2D eigenvalue weighted by molar-refractivity contribution is 9.10. The third-order valence-electron chi connectivity index (χ3n) is 2.87. The molecule has 0 aliphatic rings. The van der Waals surface area contributed by atoms with Crippen LogP contribution in [0.25, 0.3) is 0 Å². The number of aryl methyl sites for hydroxylation is 1. The number of aromatic nitrogens is 1. The summed E-state index contributed by atoms with van der Waals surface area (Å²) in [7, 11) is 0. The van der Waals surface area contributed by atoms with E-state index in [0.29, 0.717) is 5.69 Å². The maximum Gasteiger partial charge on any atom is 0.319 e.